The standard InChI is InChI=1S/C11H26O3Si/c1-8-15(12-9(2)3,13-10(4)5)14-11(6)7/h9-11H,8H2,1-7H3. The van der Waals surface area contributed by atoms with Crippen LogP contribution >= 0.6 is 0 Å². The second-order valence-corrected chi connectivity index (χ2v) is 7.32. The third-order valence-electron chi connectivity index (χ3n) is 1.68. The van der Waals surface area contributed by atoms with Gasteiger partial charge in [-0.05, 0) is 41.5 Å². The minimum atomic E-state index is -2.46. The van der Waals surface area contributed by atoms with Crippen LogP contribution in [-0.4, -0.2) is 27.1 Å². The molecule has 0 bridgehead atoms. The molecule has 0 aromatic heterocycles. The van der Waals surface area contributed by atoms with E-state index in [-0.39, 0.29) is 18.3 Å². The molecule has 4 heteroatoms. The summed E-state index contributed by atoms with van der Waals surface area (Å²) in [5.74, 6) is 0. The van der Waals surface area contributed by atoms with Crippen molar-refractivity contribution in [3.63, 3.8) is 0 Å². The molecule has 0 fully saturated rings. The van der Waals surface area contributed by atoms with Crippen LogP contribution in [0.1, 0.15) is 48.5 Å². The number of hydrogen-bond donors (Lipinski definition) is 0. The lowest BCUT2D eigenvalue weighted by Crippen LogP contribution is -2.50. The van der Waals surface area contributed by atoms with Crippen LogP contribution in [0.5, 0.6) is 0 Å². The lowest BCUT2D eigenvalue weighted by Gasteiger charge is -2.33. The molecule has 0 atom stereocenters. The first-order valence-corrected chi connectivity index (χ1v) is 7.78. The number of rotatable bonds is 7. The zero-order valence-electron chi connectivity index (χ0n) is 11.2. The van der Waals surface area contributed by atoms with Gasteiger partial charge in [0.1, 0.15) is 0 Å². The molecule has 0 amide bonds. The lowest BCUT2D eigenvalue weighted by atomic mass is 10.5. The quantitative estimate of drug-likeness (QED) is 0.633. The highest BCUT2D eigenvalue weighted by Crippen LogP contribution is 2.21. The Bertz CT molecular complexity index is 143. The molecule has 92 valence electrons. The minimum absolute atomic E-state index is 0.147. The van der Waals surface area contributed by atoms with Crippen LogP contribution in [-0.2, 0) is 13.3 Å². The Morgan fingerprint density at radius 2 is 1.00 bits per heavy atom. The van der Waals surface area contributed by atoms with E-state index >= 15 is 0 Å². The highest BCUT2D eigenvalue weighted by atomic mass is 28.4. The summed E-state index contributed by atoms with van der Waals surface area (Å²) in [6.45, 7) is 14.2. The lowest BCUT2D eigenvalue weighted by molar-refractivity contribution is 0.00418. The van der Waals surface area contributed by atoms with Crippen LogP contribution in [0, 0.1) is 0 Å². The maximum Gasteiger partial charge on any atom is 0.501 e. The van der Waals surface area contributed by atoms with Crippen molar-refractivity contribution in [1.82, 2.24) is 0 Å². The third kappa shape index (κ3) is 6.30. The van der Waals surface area contributed by atoms with Crippen molar-refractivity contribution in [2.45, 2.75) is 72.8 Å². The van der Waals surface area contributed by atoms with Gasteiger partial charge in [0, 0.05) is 24.4 Å². The zero-order valence-corrected chi connectivity index (χ0v) is 12.2. The van der Waals surface area contributed by atoms with Crippen LogP contribution in [0.3, 0.4) is 0 Å². The van der Waals surface area contributed by atoms with Crippen molar-refractivity contribution < 1.29 is 13.3 Å². The molecule has 0 N–H and O–H groups in total. The second-order valence-electron chi connectivity index (χ2n) is 4.54. The summed E-state index contributed by atoms with van der Waals surface area (Å²) >= 11 is 0. The molecule has 15 heavy (non-hydrogen) atoms. The summed E-state index contributed by atoms with van der Waals surface area (Å²) in [7, 11) is -2.46. The summed E-state index contributed by atoms with van der Waals surface area (Å²) < 4.78 is 17.7. The summed E-state index contributed by atoms with van der Waals surface area (Å²) in [4.78, 5) is 0. The molecule has 0 aliphatic carbocycles. The van der Waals surface area contributed by atoms with Gasteiger partial charge in [-0.2, -0.15) is 0 Å². The Morgan fingerprint density at radius 1 is 0.733 bits per heavy atom. The van der Waals surface area contributed by atoms with Gasteiger partial charge in [-0.3, -0.25) is 0 Å². The molecule has 0 aliphatic rings. The molecule has 0 aromatic carbocycles. The highest BCUT2D eigenvalue weighted by molar-refractivity contribution is 6.60. The Labute approximate surface area is 95.5 Å². The van der Waals surface area contributed by atoms with Crippen molar-refractivity contribution in [1.29, 1.82) is 0 Å². The third-order valence-corrected chi connectivity index (χ3v) is 5.04. The smallest absolute Gasteiger partial charge is 0.371 e. The molecule has 0 spiro atoms. The summed E-state index contributed by atoms with van der Waals surface area (Å²) in [6, 6.07) is 0.821. The monoisotopic (exact) mass is 234 g/mol. The molecule has 0 radical (unpaired) electrons. The Balaban J connectivity index is 4.59. The fourth-order valence-electron chi connectivity index (χ4n) is 1.41. The van der Waals surface area contributed by atoms with Gasteiger partial charge in [0.25, 0.3) is 0 Å². The molecule has 0 aromatic rings. The van der Waals surface area contributed by atoms with Crippen molar-refractivity contribution in [3.8, 4) is 0 Å². The maximum absolute atomic E-state index is 5.90. The fraction of sp³-hybridized carbons (Fsp3) is 1.00. The molecular weight excluding hydrogens is 208 g/mol. The van der Waals surface area contributed by atoms with Gasteiger partial charge in [-0.1, -0.05) is 6.92 Å². The van der Waals surface area contributed by atoms with E-state index in [9.17, 15) is 0 Å². The van der Waals surface area contributed by atoms with Gasteiger partial charge in [0.2, 0.25) is 0 Å². The predicted molar refractivity (Wildman–Crippen MR) is 64.9 cm³/mol. The molecular formula is C11H26O3Si. The zero-order chi connectivity index (χ0) is 12.1. The van der Waals surface area contributed by atoms with Crippen LogP contribution < -0.4 is 0 Å². The summed E-state index contributed by atoms with van der Waals surface area (Å²) in [5.41, 5.74) is 0. The van der Waals surface area contributed by atoms with Crippen LogP contribution in [0.2, 0.25) is 6.04 Å². The Hall–Kier alpha value is 0.0969. The number of hydrogen-bond acceptors (Lipinski definition) is 3. The van der Waals surface area contributed by atoms with E-state index < -0.39 is 8.80 Å². The molecule has 0 heterocycles. The first kappa shape index (κ1) is 15.1. The molecule has 0 rings (SSSR count). The summed E-state index contributed by atoms with van der Waals surface area (Å²) in [5, 5.41) is 0. The molecule has 0 aliphatic heterocycles. The van der Waals surface area contributed by atoms with Crippen LogP contribution in [0.4, 0.5) is 0 Å². The predicted octanol–water partition coefficient (Wildman–Crippen LogP) is 3.22. The van der Waals surface area contributed by atoms with Gasteiger partial charge >= 0.3 is 8.80 Å². The summed E-state index contributed by atoms with van der Waals surface area (Å²) in [6.07, 6.45) is 0.442. The molecule has 0 saturated heterocycles. The van der Waals surface area contributed by atoms with E-state index in [0.29, 0.717) is 0 Å². The van der Waals surface area contributed by atoms with Crippen molar-refractivity contribution >= 4 is 8.80 Å². The average Bonchev–Trinajstić information content (AvgIpc) is 1.99. The molecule has 3 nitrogen and oxygen atoms in total. The minimum Gasteiger partial charge on any atom is -0.371 e. The van der Waals surface area contributed by atoms with E-state index in [4.69, 9.17) is 13.3 Å². The van der Waals surface area contributed by atoms with Gasteiger partial charge in [-0.25, -0.2) is 0 Å². The fourth-order valence-corrected chi connectivity index (χ4v) is 4.23. The topological polar surface area (TPSA) is 27.7 Å². The van der Waals surface area contributed by atoms with Gasteiger partial charge < -0.3 is 13.3 Å². The van der Waals surface area contributed by atoms with Crippen molar-refractivity contribution in [2.75, 3.05) is 0 Å². The Morgan fingerprint density at radius 3 is 1.13 bits per heavy atom. The molecule has 0 saturated carbocycles. The van der Waals surface area contributed by atoms with Gasteiger partial charge in [-0.15, -0.1) is 0 Å². The van der Waals surface area contributed by atoms with Crippen molar-refractivity contribution in [3.05, 3.63) is 0 Å². The van der Waals surface area contributed by atoms with E-state index in [1.165, 1.54) is 0 Å². The second kappa shape index (κ2) is 6.63. The van der Waals surface area contributed by atoms with E-state index in [2.05, 4.69) is 6.92 Å². The van der Waals surface area contributed by atoms with Crippen LogP contribution in [0.25, 0.3) is 0 Å². The van der Waals surface area contributed by atoms with Crippen LogP contribution in [0.15, 0.2) is 0 Å². The van der Waals surface area contributed by atoms with Gasteiger partial charge in [0.05, 0.1) is 0 Å². The average molecular weight is 234 g/mol. The van der Waals surface area contributed by atoms with E-state index in [1.807, 2.05) is 41.5 Å². The van der Waals surface area contributed by atoms with E-state index in [1.54, 1.807) is 0 Å². The first-order chi connectivity index (χ1) is 6.81. The van der Waals surface area contributed by atoms with Crippen molar-refractivity contribution in [2.24, 2.45) is 0 Å². The highest BCUT2D eigenvalue weighted by Gasteiger charge is 2.42. The largest absolute Gasteiger partial charge is 0.501 e. The first-order valence-electron chi connectivity index (χ1n) is 5.84. The SMILES string of the molecule is CC[Si](OC(C)C)(OC(C)C)OC(C)C. The normalized spacial score (nSPS) is 13.2. The van der Waals surface area contributed by atoms with Gasteiger partial charge in [0.15, 0.2) is 0 Å². The Kier molecular flexibility index (Phi) is 6.67. The molecule has 0 unspecified atom stereocenters. The maximum atomic E-state index is 5.90. The van der Waals surface area contributed by atoms with E-state index in [0.717, 1.165) is 6.04 Å².